The van der Waals surface area contributed by atoms with Crippen LogP contribution in [0.3, 0.4) is 0 Å². The molecule has 2 aromatic carbocycles. The van der Waals surface area contributed by atoms with Gasteiger partial charge >= 0.3 is 0 Å². The van der Waals surface area contributed by atoms with E-state index >= 15 is 0 Å². The van der Waals surface area contributed by atoms with Crippen molar-refractivity contribution in [3.8, 4) is 0 Å². The fourth-order valence-electron chi connectivity index (χ4n) is 2.37. The summed E-state index contributed by atoms with van der Waals surface area (Å²) < 4.78 is 25.6. The molecule has 0 aliphatic carbocycles. The summed E-state index contributed by atoms with van der Waals surface area (Å²) in [4.78, 5) is 16.9. The molecule has 0 bridgehead atoms. The van der Waals surface area contributed by atoms with Crippen molar-refractivity contribution in [3.05, 3.63) is 58.1 Å². The Morgan fingerprint density at radius 3 is 2.72 bits per heavy atom. The van der Waals surface area contributed by atoms with Gasteiger partial charge in [-0.15, -0.1) is 0 Å². The first-order valence-electron chi connectivity index (χ1n) is 7.38. The number of fused-ring (bicyclic) bond motifs is 1. The number of halogens is 1. The van der Waals surface area contributed by atoms with Crippen molar-refractivity contribution in [1.82, 2.24) is 9.66 Å². The molecule has 0 fully saturated rings. The van der Waals surface area contributed by atoms with E-state index in [1.807, 2.05) is 0 Å². The van der Waals surface area contributed by atoms with E-state index < -0.39 is 15.4 Å². The summed E-state index contributed by atoms with van der Waals surface area (Å²) in [6.45, 7) is 1.54. The zero-order valence-corrected chi connectivity index (χ0v) is 14.8. The molecule has 0 amide bonds. The highest BCUT2D eigenvalue weighted by molar-refractivity contribution is 7.91. The lowest BCUT2D eigenvalue weighted by Crippen LogP contribution is -2.27. The standard InChI is InChI=1S/C16H15ClN4O3S/c1-2-25(23,24)15-6-3-10(17)7-14(15)20-21-9-19-13-5-4-11(18)8-12(13)16(21)22/h3-9,20H,2,18H2,1H3. The molecule has 0 unspecified atom stereocenters. The molecule has 3 N–H and O–H groups in total. The third-order valence-corrected chi connectivity index (χ3v) is 5.70. The van der Waals surface area contributed by atoms with Crippen molar-refractivity contribution in [2.24, 2.45) is 0 Å². The van der Waals surface area contributed by atoms with Gasteiger partial charge in [0.1, 0.15) is 6.33 Å². The highest BCUT2D eigenvalue weighted by atomic mass is 35.5. The molecular weight excluding hydrogens is 364 g/mol. The number of hydrogen-bond donors (Lipinski definition) is 2. The summed E-state index contributed by atoms with van der Waals surface area (Å²) in [5.41, 5.74) is 9.20. The van der Waals surface area contributed by atoms with E-state index in [-0.39, 0.29) is 16.3 Å². The van der Waals surface area contributed by atoms with Crippen LogP contribution in [0.25, 0.3) is 10.9 Å². The molecule has 3 aromatic rings. The molecule has 25 heavy (non-hydrogen) atoms. The lowest BCUT2D eigenvalue weighted by molar-refractivity contribution is 0.597. The van der Waals surface area contributed by atoms with E-state index in [4.69, 9.17) is 17.3 Å². The first-order chi connectivity index (χ1) is 11.8. The molecule has 3 rings (SSSR count). The minimum absolute atomic E-state index is 0.0546. The van der Waals surface area contributed by atoms with Crippen LogP contribution >= 0.6 is 11.6 Å². The monoisotopic (exact) mass is 378 g/mol. The summed E-state index contributed by atoms with van der Waals surface area (Å²) in [7, 11) is -3.50. The van der Waals surface area contributed by atoms with Gasteiger partial charge in [-0.3, -0.25) is 10.2 Å². The fourth-order valence-corrected chi connectivity index (χ4v) is 3.56. The van der Waals surface area contributed by atoms with Crippen LogP contribution in [-0.2, 0) is 9.84 Å². The van der Waals surface area contributed by atoms with Gasteiger partial charge < -0.3 is 5.73 Å². The van der Waals surface area contributed by atoms with Gasteiger partial charge in [0.25, 0.3) is 5.56 Å². The Kier molecular flexibility index (Phi) is 4.40. The molecule has 0 aliphatic rings. The van der Waals surface area contributed by atoms with Crippen molar-refractivity contribution in [3.63, 3.8) is 0 Å². The average molecular weight is 379 g/mol. The highest BCUT2D eigenvalue weighted by Crippen LogP contribution is 2.26. The summed E-state index contributed by atoms with van der Waals surface area (Å²) in [5, 5.41) is 0.653. The summed E-state index contributed by atoms with van der Waals surface area (Å²) >= 11 is 5.98. The van der Waals surface area contributed by atoms with Crippen LogP contribution in [0.1, 0.15) is 6.92 Å². The van der Waals surface area contributed by atoms with Crippen LogP contribution in [0.15, 0.2) is 52.4 Å². The number of nitrogens with one attached hydrogen (secondary N) is 1. The molecule has 130 valence electrons. The number of anilines is 2. The van der Waals surface area contributed by atoms with Crippen LogP contribution in [0.4, 0.5) is 11.4 Å². The van der Waals surface area contributed by atoms with Crippen LogP contribution < -0.4 is 16.7 Å². The van der Waals surface area contributed by atoms with Gasteiger partial charge in [0.15, 0.2) is 9.84 Å². The number of benzene rings is 2. The normalized spacial score (nSPS) is 11.6. The largest absolute Gasteiger partial charge is 0.399 e. The van der Waals surface area contributed by atoms with Crippen molar-refractivity contribution in [2.75, 3.05) is 16.9 Å². The summed E-state index contributed by atoms with van der Waals surface area (Å²) in [6, 6.07) is 9.14. The predicted molar refractivity (Wildman–Crippen MR) is 98.6 cm³/mol. The smallest absolute Gasteiger partial charge is 0.280 e. The minimum atomic E-state index is -3.50. The number of nitrogen functional groups attached to an aromatic ring is 1. The lowest BCUT2D eigenvalue weighted by atomic mass is 10.2. The molecule has 0 saturated heterocycles. The van der Waals surface area contributed by atoms with Gasteiger partial charge in [-0.25, -0.2) is 18.1 Å². The van der Waals surface area contributed by atoms with E-state index in [1.54, 1.807) is 19.1 Å². The second kappa shape index (κ2) is 6.38. The van der Waals surface area contributed by atoms with E-state index in [9.17, 15) is 13.2 Å². The van der Waals surface area contributed by atoms with E-state index in [1.165, 1.54) is 30.6 Å². The predicted octanol–water partition coefficient (Wildman–Crippen LogP) is 2.30. The molecule has 0 atom stereocenters. The molecule has 1 heterocycles. The zero-order valence-electron chi connectivity index (χ0n) is 13.2. The molecule has 9 heteroatoms. The Labute approximate surface area is 148 Å². The molecule has 0 spiro atoms. The maximum Gasteiger partial charge on any atom is 0.280 e. The Hall–Kier alpha value is -2.58. The van der Waals surface area contributed by atoms with Crippen molar-refractivity contribution in [2.45, 2.75) is 11.8 Å². The van der Waals surface area contributed by atoms with Gasteiger partial charge in [-0.1, -0.05) is 18.5 Å². The van der Waals surface area contributed by atoms with Gasteiger partial charge in [0, 0.05) is 10.7 Å². The maximum atomic E-state index is 12.6. The van der Waals surface area contributed by atoms with Crippen LogP contribution in [0, 0.1) is 0 Å². The average Bonchev–Trinajstić information content (AvgIpc) is 2.58. The third kappa shape index (κ3) is 3.31. The number of rotatable bonds is 4. The van der Waals surface area contributed by atoms with Crippen molar-refractivity contribution >= 4 is 43.7 Å². The van der Waals surface area contributed by atoms with Crippen molar-refractivity contribution < 1.29 is 8.42 Å². The van der Waals surface area contributed by atoms with Gasteiger partial charge in [-0.2, -0.15) is 0 Å². The Balaban J connectivity index is 2.15. The van der Waals surface area contributed by atoms with Crippen LogP contribution in [0.5, 0.6) is 0 Å². The molecule has 0 aliphatic heterocycles. The number of sulfone groups is 1. The second-order valence-corrected chi connectivity index (χ2v) is 8.04. The summed E-state index contributed by atoms with van der Waals surface area (Å²) in [6.07, 6.45) is 1.28. The Morgan fingerprint density at radius 1 is 1.24 bits per heavy atom. The molecule has 0 radical (unpaired) electrons. The highest BCUT2D eigenvalue weighted by Gasteiger charge is 2.18. The van der Waals surface area contributed by atoms with Gasteiger partial charge in [0.05, 0.1) is 27.2 Å². The quantitative estimate of drug-likeness (QED) is 0.674. The topological polar surface area (TPSA) is 107 Å². The third-order valence-electron chi connectivity index (χ3n) is 3.68. The number of nitrogens with two attached hydrogens (primary N) is 1. The lowest BCUT2D eigenvalue weighted by Gasteiger charge is -2.14. The fraction of sp³-hybridized carbons (Fsp3) is 0.125. The molecule has 0 saturated carbocycles. The minimum Gasteiger partial charge on any atom is -0.399 e. The van der Waals surface area contributed by atoms with E-state index in [2.05, 4.69) is 10.4 Å². The maximum absolute atomic E-state index is 12.6. The number of aromatic nitrogens is 2. The Bertz CT molecular complexity index is 1130. The summed E-state index contributed by atoms with van der Waals surface area (Å²) in [5.74, 6) is -0.0787. The Morgan fingerprint density at radius 2 is 2.00 bits per heavy atom. The van der Waals surface area contributed by atoms with Gasteiger partial charge in [-0.05, 0) is 36.4 Å². The number of hydrogen-bond acceptors (Lipinski definition) is 6. The molecular formula is C16H15ClN4O3S. The van der Waals surface area contributed by atoms with Crippen LogP contribution in [0.2, 0.25) is 5.02 Å². The first kappa shape index (κ1) is 17.2. The first-order valence-corrected chi connectivity index (χ1v) is 9.41. The number of nitrogens with zero attached hydrogens (tertiary/aromatic N) is 2. The SMILES string of the molecule is CCS(=O)(=O)c1ccc(Cl)cc1Nn1cnc2ccc(N)cc2c1=O. The second-order valence-electron chi connectivity index (χ2n) is 5.35. The van der Waals surface area contributed by atoms with E-state index in [0.717, 1.165) is 4.68 Å². The molecule has 7 nitrogen and oxygen atoms in total. The van der Waals surface area contributed by atoms with Crippen molar-refractivity contribution in [1.29, 1.82) is 0 Å². The zero-order chi connectivity index (χ0) is 18.2. The molecule has 1 aromatic heterocycles. The van der Waals surface area contributed by atoms with Crippen LogP contribution in [-0.4, -0.2) is 23.8 Å². The van der Waals surface area contributed by atoms with E-state index in [0.29, 0.717) is 21.6 Å². The van der Waals surface area contributed by atoms with Gasteiger partial charge in [0.2, 0.25) is 0 Å².